The third-order valence-electron chi connectivity index (χ3n) is 1.84. The van der Waals surface area contributed by atoms with Gasteiger partial charge in [-0.15, -0.1) is 0 Å². The van der Waals surface area contributed by atoms with E-state index in [0.29, 0.717) is 6.54 Å². The van der Waals surface area contributed by atoms with E-state index in [9.17, 15) is 4.79 Å². The summed E-state index contributed by atoms with van der Waals surface area (Å²) in [5.74, 6) is -0.591. The Bertz CT molecular complexity index is 132. The van der Waals surface area contributed by atoms with Crippen molar-refractivity contribution >= 4 is 5.91 Å². The van der Waals surface area contributed by atoms with Gasteiger partial charge in [0.25, 0.3) is 0 Å². The fraction of sp³-hybridized carbons (Fsp3) is 0.833. The zero-order valence-corrected chi connectivity index (χ0v) is 5.71. The smallest absolute Gasteiger partial charge is 0.246 e. The average Bonchev–Trinajstić information content (AvgIpc) is 2.36. The van der Waals surface area contributed by atoms with Crippen molar-refractivity contribution in [3.05, 3.63) is 0 Å². The molecule has 2 atom stereocenters. The molecule has 1 fully saturated rings. The molecule has 1 rings (SSSR count). The second-order valence-corrected chi connectivity index (χ2v) is 2.60. The van der Waals surface area contributed by atoms with Crippen LogP contribution in [0.2, 0.25) is 0 Å². The normalized spacial score (nSPS) is 28.3. The van der Waals surface area contributed by atoms with Crippen LogP contribution >= 0.6 is 0 Å². The van der Waals surface area contributed by atoms with Gasteiger partial charge in [0.15, 0.2) is 0 Å². The van der Waals surface area contributed by atoms with Crippen LogP contribution in [0.4, 0.5) is 0 Å². The lowest BCUT2D eigenvalue weighted by atomic mass is 10.0. The molecule has 1 aliphatic heterocycles. The molecule has 1 saturated heterocycles. The van der Waals surface area contributed by atoms with Gasteiger partial charge in [-0.2, -0.15) is 0 Å². The Morgan fingerprint density at radius 2 is 2.50 bits per heavy atom. The molecule has 58 valence electrons. The first-order valence-corrected chi connectivity index (χ1v) is 3.40. The van der Waals surface area contributed by atoms with Gasteiger partial charge >= 0.3 is 0 Å². The van der Waals surface area contributed by atoms with Crippen LogP contribution in [-0.2, 0) is 4.79 Å². The van der Waals surface area contributed by atoms with E-state index in [1.807, 2.05) is 0 Å². The first-order valence-electron chi connectivity index (χ1n) is 3.40. The second kappa shape index (κ2) is 2.98. The van der Waals surface area contributed by atoms with E-state index in [1.54, 1.807) is 0 Å². The van der Waals surface area contributed by atoms with Crippen LogP contribution in [0.3, 0.4) is 0 Å². The second-order valence-electron chi connectivity index (χ2n) is 2.60. The standard InChI is InChI=1S/C6H12N2O2/c7-6(10)5(9)4-1-2-8-3-4/h4-5,8-9H,1-3H2,(H2,7,10). The highest BCUT2D eigenvalue weighted by Gasteiger charge is 2.26. The highest BCUT2D eigenvalue weighted by Crippen LogP contribution is 2.11. The monoisotopic (exact) mass is 144 g/mol. The van der Waals surface area contributed by atoms with Crippen LogP contribution in [0.5, 0.6) is 0 Å². The van der Waals surface area contributed by atoms with Crippen molar-refractivity contribution in [2.45, 2.75) is 12.5 Å². The molecule has 0 aromatic rings. The van der Waals surface area contributed by atoms with Crippen molar-refractivity contribution in [3.8, 4) is 0 Å². The lowest BCUT2D eigenvalue weighted by molar-refractivity contribution is -0.128. The summed E-state index contributed by atoms with van der Waals surface area (Å²) in [6.45, 7) is 1.57. The maximum Gasteiger partial charge on any atom is 0.246 e. The average molecular weight is 144 g/mol. The van der Waals surface area contributed by atoms with Gasteiger partial charge < -0.3 is 16.2 Å². The van der Waals surface area contributed by atoms with Crippen LogP contribution in [0.1, 0.15) is 6.42 Å². The van der Waals surface area contributed by atoms with Gasteiger partial charge in [0.1, 0.15) is 6.10 Å². The van der Waals surface area contributed by atoms with Crippen molar-refractivity contribution in [2.24, 2.45) is 11.7 Å². The van der Waals surface area contributed by atoms with Gasteiger partial charge in [-0.1, -0.05) is 0 Å². The fourth-order valence-corrected chi connectivity index (χ4v) is 1.18. The minimum Gasteiger partial charge on any atom is -0.383 e. The molecule has 1 aliphatic rings. The Labute approximate surface area is 59.4 Å². The van der Waals surface area contributed by atoms with Crippen molar-refractivity contribution in [3.63, 3.8) is 0 Å². The maximum atomic E-state index is 10.4. The highest BCUT2D eigenvalue weighted by molar-refractivity contribution is 5.78. The van der Waals surface area contributed by atoms with E-state index in [2.05, 4.69) is 5.32 Å². The number of aliphatic hydroxyl groups is 1. The number of nitrogens with one attached hydrogen (secondary N) is 1. The van der Waals surface area contributed by atoms with Crippen molar-refractivity contribution < 1.29 is 9.90 Å². The summed E-state index contributed by atoms with van der Waals surface area (Å²) in [6.07, 6.45) is -0.126. The fourth-order valence-electron chi connectivity index (χ4n) is 1.18. The van der Waals surface area contributed by atoms with Crippen LogP contribution in [0.15, 0.2) is 0 Å². The molecule has 0 bridgehead atoms. The Morgan fingerprint density at radius 1 is 1.80 bits per heavy atom. The summed E-state index contributed by atoms with van der Waals surface area (Å²) in [7, 11) is 0. The molecule has 0 aromatic heterocycles. The van der Waals surface area contributed by atoms with E-state index in [0.717, 1.165) is 13.0 Å². The van der Waals surface area contributed by atoms with E-state index in [-0.39, 0.29) is 5.92 Å². The Kier molecular flexibility index (Phi) is 2.24. The number of carbonyl (C=O) groups is 1. The molecular weight excluding hydrogens is 132 g/mol. The summed E-state index contributed by atoms with van der Waals surface area (Å²) < 4.78 is 0. The Balaban J connectivity index is 2.39. The van der Waals surface area contributed by atoms with E-state index in [4.69, 9.17) is 10.8 Å². The number of rotatable bonds is 2. The molecule has 4 nitrogen and oxygen atoms in total. The topological polar surface area (TPSA) is 75.4 Å². The third kappa shape index (κ3) is 1.46. The summed E-state index contributed by atoms with van der Waals surface area (Å²) >= 11 is 0. The van der Waals surface area contributed by atoms with Gasteiger partial charge in [-0.25, -0.2) is 0 Å². The molecule has 10 heavy (non-hydrogen) atoms. The van der Waals surface area contributed by atoms with Gasteiger partial charge in [0.2, 0.25) is 5.91 Å². The van der Waals surface area contributed by atoms with E-state index >= 15 is 0 Å². The number of hydrogen-bond donors (Lipinski definition) is 3. The van der Waals surface area contributed by atoms with Crippen LogP contribution in [-0.4, -0.2) is 30.2 Å². The van der Waals surface area contributed by atoms with Crippen molar-refractivity contribution in [2.75, 3.05) is 13.1 Å². The molecule has 1 heterocycles. The first-order chi connectivity index (χ1) is 4.72. The first kappa shape index (κ1) is 7.50. The summed E-state index contributed by atoms with van der Waals surface area (Å²) in [5.41, 5.74) is 4.90. The molecule has 0 saturated carbocycles. The zero-order valence-electron chi connectivity index (χ0n) is 5.71. The molecule has 0 aromatic carbocycles. The lowest BCUT2D eigenvalue weighted by Gasteiger charge is -2.11. The molecule has 1 amide bonds. The number of nitrogens with two attached hydrogens (primary N) is 1. The van der Waals surface area contributed by atoms with Crippen LogP contribution in [0, 0.1) is 5.92 Å². The number of aliphatic hydroxyl groups excluding tert-OH is 1. The minimum absolute atomic E-state index is 0.0255. The maximum absolute atomic E-state index is 10.4. The quantitative estimate of drug-likeness (QED) is 0.439. The van der Waals surface area contributed by atoms with E-state index < -0.39 is 12.0 Å². The summed E-state index contributed by atoms with van der Waals surface area (Å²) in [4.78, 5) is 10.4. The van der Waals surface area contributed by atoms with Gasteiger partial charge in [-0.05, 0) is 13.0 Å². The molecular formula is C6H12N2O2. The summed E-state index contributed by atoms with van der Waals surface area (Å²) in [5, 5.41) is 12.2. The SMILES string of the molecule is NC(=O)C(O)C1CCNC1. The lowest BCUT2D eigenvalue weighted by Crippen LogP contribution is -2.36. The zero-order chi connectivity index (χ0) is 7.56. The predicted molar refractivity (Wildman–Crippen MR) is 36.2 cm³/mol. The molecule has 0 spiro atoms. The van der Waals surface area contributed by atoms with E-state index in [1.165, 1.54) is 0 Å². The molecule has 0 radical (unpaired) electrons. The van der Waals surface area contributed by atoms with Gasteiger partial charge in [0, 0.05) is 12.5 Å². The third-order valence-corrected chi connectivity index (χ3v) is 1.84. The van der Waals surface area contributed by atoms with Crippen LogP contribution < -0.4 is 11.1 Å². The minimum atomic E-state index is -0.963. The number of carbonyl (C=O) groups excluding carboxylic acids is 1. The molecule has 4 heteroatoms. The number of primary amides is 1. The summed E-state index contributed by atoms with van der Waals surface area (Å²) in [6, 6.07) is 0. The molecule has 2 unspecified atom stereocenters. The molecule has 4 N–H and O–H groups in total. The predicted octanol–water partition coefficient (Wildman–Crippen LogP) is -1.56. The van der Waals surface area contributed by atoms with Crippen molar-refractivity contribution in [1.29, 1.82) is 0 Å². The Hall–Kier alpha value is -0.610. The van der Waals surface area contributed by atoms with Gasteiger partial charge in [-0.3, -0.25) is 4.79 Å². The highest BCUT2D eigenvalue weighted by atomic mass is 16.3. The van der Waals surface area contributed by atoms with Crippen molar-refractivity contribution in [1.82, 2.24) is 5.32 Å². The number of amides is 1. The Morgan fingerprint density at radius 3 is 2.90 bits per heavy atom. The van der Waals surface area contributed by atoms with Crippen LogP contribution in [0.25, 0.3) is 0 Å². The number of hydrogen-bond acceptors (Lipinski definition) is 3. The van der Waals surface area contributed by atoms with Gasteiger partial charge in [0.05, 0.1) is 0 Å². The molecule has 0 aliphatic carbocycles. The largest absolute Gasteiger partial charge is 0.383 e.